The second-order valence-corrected chi connectivity index (χ2v) is 12.0. The molecule has 0 radical (unpaired) electrons. The Kier molecular flexibility index (Phi) is 6.15. The van der Waals surface area contributed by atoms with E-state index in [-0.39, 0.29) is 34.4 Å². The third-order valence-electron chi connectivity index (χ3n) is 5.87. The van der Waals surface area contributed by atoms with E-state index in [2.05, 4.69) is 0 Å². The Balaban J connectivity index is 1.69. The van der Waals surface area contributed by atoms with E-state index in [4.69, 9.17) is 4.74 Å². The molecule has 0 N–H and O–H groups in total. The van der Waals surface area contributed by atoms with Crippen LogP contribution in [0.2, 0.25) is 0 Å². The van der Waals surface area contributed by atoms with E-state index in [1.807, 2.05) is 0 Å². The van der Waals surface area contributed by atoms with Crippen molar-refractivity contribution >= 4 is 31.5 Å². The number of hydrogen-bond acceptors (Lipinski definition) is 6. The minimum atomic E-state index is -3.75. The number of carbonyl (C=O) groups excluding carboxylic acids is 1. The first-order chi connectivity index (χ1) is 15.1. The van der Waals surface area contributed by atoms with Gasteiger partial charge in [-0.25, -0.2) is 16.8 Å². The number of sulfone groups is 1. The number of hydrogen-bond donors (Lipinski definition) is 0. The van der Waals surface area contributed by atoms with Gasteiger partial charge in [0.25, 0.3) is 5.91 Å². The Bertz CT molecular complexity index is 1270. The average molecular weight is 479 g/mol. The number of benzene rings is 2. The van der Waals surface area contributed by atoms with Crippen molar-refractivity contribution < 1.29 is 26.4 Å². The maximum Gasteiger partial charge on any atom is 0.258 e. The summed E-state index contributed by atoms with van der Waals surface area (Å²) in [5.74, 6) is -0.309. The Hall–Kier alpha value is -2.27. The number of nitrogens with zero attached hydrogens (tertiary/aromatic N) is 2. The highest BCUT2D eigenvalue weighted by Gasteiger charge is 2.30. The highest BCUT2D eigenvalue weighted by molar-refractivity contribution is 7.90. The standard InChI is InChI=1S/C22H26N2O6S2/c1-16-5-6-18(15-21(16)32(28,29)23-10-12-30-13-11-23)22(25)24-9-3-4-17-14-19(31(2,26)27)7-8-20(17)24/h5-8,14-15H,3-4,9-13H2,1-2H3. The lowest BCUT2D eigenvalue weighted by Crippen LogP contribution is -2.41. The number of ether oxygens (including phenoxy) is 1. The Labute approximate surface area is 188 Å². The summed E-state index contributed by atoms with van der Waals surface area (Å²) in [6.07, 6.45) is 2.52. The fourth-order valence-electron chi connectivity index (χ4n) is 4.11. The summed E-state index contributed by atoms with van der Waals surface area (Å²) in [5, 5.41) is 0. The van der Waals surface area contributed by atoms with Crippen LogP contribution in [0.1, 0.15) is 27.9 Å². The fraction of sp³-hybridized carbons (Fsp3) is 0.409. The van der Waals surface area contributed by atoms with Crippen molar-refractivity contribution in [1.29, 1.82) is 0 Å². The molecule has 10 heteroatoms. The van der Waals surface area contributed by atoms with Crippen LogP contribution in [0, 0.1) is 6.92 Å². The predicted molar refractivity (Wildman–Crippen MR) is 120 cm³/mol. The minimum absolute atomic E-state index is 0.120. The molecular weight excluding hydrogens is 452 g/mol. The molecule has 0 aromatic heterocycles. The molecule has 4 rings (SSSR count). The van der Waals surface area contributed by atoms with Gasteiger partial charge in [0.2, 0.25) is 10.0 Å². The second kappa shape index (κ2) is 8.58. The third-order valence-corrected chi connectivity index (χ3v) is 9.02. The van der Waals surface area contributed by atoms with Gasteiger partial charge in [0, 0.05) is 37.1 Å². The van der Waals surface area contributed by atoms with Gasteiger partial charge in [-0.15, -0.1) is 0 Å². The number of aryl methyl sites for hydroxylation is 2. The molecule has 2 aliphatic rings. The molecule has 2 aromatic carbocycles. The maximum absolute atomic E-state index is 13.4. The highest BCUT2D eigenvalue weighted by atomic mass is 32.2. The van der Waals surface area contributed by atoms with Crippen molar-refractivity contribution in [2.24, 2.45) is 0 Å². The van der Waals surface area contributed by atoms with Crippen LogP contribution in [-0.2, 0) is 31.0 Å². The lowest BCUT2D eigenvalue weighted by atomic mass is 10.0. The number of anilines is 1. The topological polar surface area (TPSA) is 101 Å². The van der Waals surface area contributed by atoms with Crippen LogP contribution in [-0.4, -0.2) is 66.2 Å². The van der Waals surface area contributed by atoms with Gasteiger partial charge in [0.1, 0.15) is 0 Å². The van der Waals surface area contributed by atoms with E-state index in [1.54, 1.807) is 36.1 Å². The molecule has 1 fully saturated rings. The number of morpholine rings is 1. The minimum Gasteiger partial charge on any atom is -0.379 e. The van der Waals surface area contributed by atoms with E-state index < -0.39 is 19.9 Å². The SMILES string of the molecule is Cc1ccc(C(=O)N2CCCc3cc(S(C)(=O)=O)ccc32)cc1S(=O)(=O)N1CCOCC1. The van der Waals surface area contributed by atoms with Crippen LogP contribution < -0.4 is 4.90 Å². The summed E-state index contributed by atoms with van der Waals surface area (Å²) >= 11 is 0. The zero-order chi connectivity index (χ0) is 23.1. The van der Waals surface area contributed by atoms with Crippen molar-refractivity contribution in [3.63, 3.8) is 0 Å². The summed E-state index contributed by atoms with van der Waals surface area (Å²) in [4.78, 5) is 15.3. The van der Waals surface area contributed by atoms with Crippen molar-refractivity contribution in [2.45, 2.75) is 29.6 Å². The van der Waals surface area contributed by atoms with Crippen molar-refractivity contribution in [2.75, 3.05) is 44.0 Å². The summed E-state index contributed by atoms with van der Waals surface area (Å²) < 4.78 is 56.8. The average Bonchev–Trinajstić information content (AvgIpc) is 2.78. The highest BCUT2D eigenvalue weighted by Crippen LogP contribution is 2.31. The third kappa shape index (κ3) is 4.32. The lowest BCUT2D eigenvalue weighted by Gasteiger charge is -2.30. The number of sulfonamides is 1. The fourth-order valence-corrected chi connectivity index (χ4v) is 6.44. The first-order valence-electron chi connectivity index (χ1n) is 10.4. The molecule has 0 unspecified atom stereocenters. The van der Waals surface area contributed by atoms with Crippen LogP contribution in [0.25, 0.3) is 0 Å². The molecule has 0 atom stereocenters. The smallest absolute Gasteiger partial charge is 0.258 e. The summed E-state index contributed by atoms with van der Waals surface area (Å²) in [6, 6.07) is 9.51. The Morgan fingerprint density at radius 1 is 0.969 bits per heavy atom. The molecule has 0 spiro atoms. The second-order valence-electron chi connectivity index (χ2n) is 8.12. The summed E-state index contributed by atoms with van der Waals surface area (Å²) in [6.45, 7) is 3.44. The largest absolute Gasteiger partial charge is 0.379 e. The van der Waals surface area contributed by atoms with Gasteiger partial charge in [-0.2, -0.15) is 4.31 Å². The van der Waals surface area contributed by atoms with Crippen molar-refractivity contribution in [3.05, 3.63) is 53.1 Å². The number of carbonyl (C=O) groups is 1. The van der Waals surface area contributed by atoms with Gasteiger partial charge < -0.3 is 9.64 Å². The van der Waals surface area contributed by atoms with Gasteiger partial charge in [0.05, 0.1) is 23.0 Å². The molecule has 0 saturated carbocycles. The Morgan fingerprint density at radius 2 is 1.69 bits per heavy atom. The normalized spacial score (nSPS) is 17.8. The number of amides is 1. The maximum atomic E-state index is 13.4. The van der Waals surface area contributed by atoms with Crippen LogP contribution >= 0.6 is 0 Å². The summed E-state index contributed by atoms with van der Waals surface area (Å²) in [7, 11) is -7.09. The first-order valence-corrected chi connectivity index (χ1v) is 13.8. The molecule has 2 heterocycles. The van der Waals surface area contributed by atoms with Gasteiger partial charge in [-0.3, -0.25) is 4.79 Å². The van der Waals surface area contributed by atoms with Gasteiger partial charge in [-0.05, 0) is 61.2 Å². The van der Waals surface area contributed by atoms with Crippen LogP contribution in [0.15, 0.2) is 46.2 Å². The molecule has 0 bridgehead atoms. The molecule has 8 nitrogen and oxygen atoms in total. The van der Waals surface area contributed by atoms with Crippen LogP contribution in [0.5, 0.6) is 0 Å². The Morgan fingerprint density at radius 3 is 2.38 bits per heavy atom. The molecular formula is C22H26N2O6S2. The van der Waals surface area contributed by atoms with Gasteiger partial charge >= 0.3 is 0 Å². The summed E-state index contributed by atoms with van der Waals surface area (Å²) in [5.41, 5.74) is 2.31. The van der Waals surface area contributed by atoms with Crippen molar-refractivity contribution in [3.8, 4) is 0 Å². The molecule has 2 aromatic rings. The van der Waals surface area contributed by atoms with E-state index in [9.17, 15) is 21.6 Å². The first kappa shape index (κ1) is 22.9. The zero-order valence-corrected chi connectivity index (χ0v) is 19.7. The molecule has 0 aliphatic carbocycles. The van der Waals surface area contributed by atoms with E-state index in [0.29, 0.717) is 43.9 Å². The molecule has 1 amide bonds. The number of rotatable bonds is 4. The molecule has 2 aliphatic heterocycles. The molecule has 172 valence electrons. The van der Waals surface area contributed by atoms with Crippen LogP contribution in [0.3, 0.4) is 0 Å². The molecule has 1 saturated heterocycles. The van der Waals surface area contributed by atoms with Crippen molar-refractivity contribution in [1.82, 2.24) is 4.31 Å². The van der Waals surface area contributed by atoms with E-state index >= 15 is 0 Å². The van der Waals surface area contributed by atoms with E-state index in [1.165, 1.54) is 16.4 Å². The van der Waals surface area contributed by atoms with Gasteiger partial charge in [-0.1, -0.05) is 6.07 Å². The quantitative estimate of drug-likeness (QED) is 0.666. The van der Waals surface area contributed by atoms with E-state index in [0.717, 1.165) is 11.8 Å². The monoisotopic (exact) mass is 478 g/mol. The zero-order valence-electron chi connectivity index (χ0n) is 18.1. The molecule has 32 heavy (non-hydrogen) atoms. The lowest BCUT2D eigenvalue weighted by molar-refractivity contribution is 0.0730. The predicted octanol–water partition coefficient (Wildman–Crippen LogP) is 2.01. The van der Waals surface area contributed by atoms with Crippen LogP contribution in [0.4, 0.5) is 5.69 Å². The van der Waals surface area contributed by atoms with Gasteiger partial charge in [0.15, 0.2) is 9.84 Å². The number of fused-ring (bicyclic) bond motifs is 1.